The zero-order valence-corrected chi connectivity index (χ0v) is 23.9. The summed E-state index contributed by atoms with van der Waals surface area (Å²) in [6.07, 6.45) is 8.97. The topological polar surface area (TPSA) is 87.2 Å². The van der Waals surface area contributed by atoms with Gasteiger partial charge in [0.15, 0.2) is 0 Å². The van der Waals surface area contributed by atoms with Crippen LogP contribution in [0.4, 0.5) is 5.69 Å². The van der Waals surface area contributed by atoms with Crippen molar-refractivity contribution in [2.45, 2.75) is 34.9 Å². The predicted octanol–water partition coefficient (Wildman–Crippen LogP) is 4.15. The summed E-state index contributed by atoms with van der Waals surface area (Å²) in [5.74, 6) is -2.38. The predicted molar refractivity (Wildman–Crippen MR) is 163 cm³/mol. The van der Waals surface area contributed by atoms with Crippen molar-refractivity contribution in [3.8, 4) is 0 Å². The molecule has 4 aliphatic heterocycles. The third-order valence-electron chi connectivity index (χ3n) is 9.02. The molecule has 7 rings (SSSR count). The number of fused-ring (bicyclic) bond motifs is 3. The molecule has 6 atom stereocenters. The number of carbonyl (C=O) groups excluding carboxylic acids is 3. The molecule has 1 N–H and O–H groups in total. The molecule has 42 heavy (non-hydrogen) atoms. The van der Waals surface area contributed by atoms with E-state index in [0.717, 1.165) is 22.0 Å². The Morgan fingerprint density at radius 1 is 0.952 bits per heavy atom. The Hall–Kier alpha value is -3.88. The zero-order valence-electron chi connectivity index (χ0n) is 23.0. The minimum atomic E-state index is -0.979. The number of likely N-dealkylation sites (tertiary alicyclic amines) is 1. The van der Waals surface area contributed by atoms with Crippen LogP contribution < -0.4 is 4.90 Å². The normalized spacial score (nSPS) is 29.4. The van der Waals surface area contributed by atoms with Crippen molar-refractivity contribution in [1.82, 2.24) is 4.90 Å². The van der Waals surface area contributed by atoms with Crippen molar-refractivity contribution in [3.63, 3.8) is 0 Å². The lowest BCUT2D eigenvalue weighted by Gasteiger charge is -2.38. The highest BCUT2D eigenvalue weighted by atomic mass is 32.2. The molecule has 4 aliphatic rings. The molecule has 1 spiro atoms. The summed E-state index contributed by atoms with van der Waals surface area (Å²) >= 11 is 1.52. The van der Waals surface area contributed by atoms with Crippen LogP contribution in [0.1, 0.15) is 12.0 Å². The van der Waals surface area contributed by atoms with Gasteiger partial charge in [0.25, 0.3) is 5.91 Å². The molecule has 2 saturated heterocycles. The molecule has 4 heterocycles. The van der Waals surface area contributed by atoms with E-state index in [1.807, 2.05) is 97.1 Å². The molecule has 7 nitrogen and oxygen atoms in total. The molecule has 0 aromatic heterocycles. The summed E-state index contributed by atoms with van der Waals surface area (Å²) in [5.41, 5.74) is 1.70. The van der Waals surface area contributed by atoms with Crippen LogP contribution >= 0.6 is 11.8 Å². The van der Waals surface area contributed by atoms with E-state index in [4.69, 9.17) is 4.74 Å². The quantitative estimate of drug-likeness (QED) is 0.361. The first-order chi connectivity index (χ1) is 20.5. The molecule has 2 fully saturated rings. The number of ether oxygens (including phenoxy) is 1. The molecule has 214 valence electrons. The number of hydrogen-bond acceptors (Lipinski definition) is 6. The van der Waals surface area contributed by atoms with Gasteiger partial charge in [0.05, 0.1) is 35.8 Å². The fourth-order valence-electron chi connectivity index (χ4n) is 7.15. The molecule has 8 heteroatoms. The number of anilines is 1. The van der Waals surface area contributed by atoms with Crippen LogP contribution in [0.5, 0.6) is 0 Å². The Balaban J connectivity index is 1.35. The van der Waals surface area contributed by atoms with E-state index < -0.39 is 34.6 Å². The van der Waals surface area contributed by atoms with Gasteiger partial charge >= 0.3 is 5.97 Å². The van der Waals surface area contributed by atoms with Gasteiger partial charge in [-0.25, -0.2) is 0 Å². The Bertz CT molecular complexity index is 1610. The van der Waals surface area contributed by atoms with Crippen LogP contribution in [0.2, 0.25) is 0 Å². The average Bonchev–Trinajstić information content (AvgIpc) is 3.39. The Kier molecular flexibility index (Phi) is 6.91. The maximum absolute atomic E-state index is 14.8. The van der Waals surface area contributed by atoms with Crippen LogP contribution in [0, 0.1) is 11.8 Å². The Morgan fingerprint density at radius 2 is 1.74 bits per heavy atom. The fourth-order valence-corrected chi connectivity index (χ4v) is 9.14. The van der Waals surface area contributed by atoms with E-state index in [1.54, 1.807) is 9.80 Å². The first-order valence-corrected chi connectivity index (χ1v) is 15.4. The smallest absolute Gasteiger partial charge is 0.311 e. The van der Waals surface area contributed by atoms with E-state index in [9.17, 15) is 19.5 Å². The van der Waals surface area contributed by atoms with Crippen LogP contribution in [0.15, 0.2) is 97.1 Å². The second-order valence-corrected chi connectivity index (χ2v) is 12.9. The van der Waals surface area contributed by atoms with Crippen molar-refractivity contribution in [1.29, 1.82) is 0 Å². The average molecular weight is 581 g/mol. The number of rotatable bonds is 5. The van der Waals surface area contributed by atoms with E-state index in [0.29, 0.717) is 19.4 Å². The van der Waals surface area contributed by atoms with E-state index in [1.165, 1.54) is 11.8 Å². The first-order valence-electron chi connectivity index (χ1n) is 14.5. The van der Waals surface area contributed by atoms with Gasteiger partial charge in [-0.3, -0.25) is 14.4 Å². The summed E-state index contributed by atoms with van der Waals surface area (Å²) in [6.45, 7) is 0.293. The molecule has 0 radical (unpaired) electrons. The van der Waals surface area contributed by atoms with Gasteiger partial charge < -0.3 is 19.6 Å². The summed E-state index contributed by atoms with van der Waals surface area (Å²) in [6, 6.07) is 22.1. The Morgan fingerprint density at radius 3 is 2.55 bits per heavy atom. The number of cyclic esters (lactones) is 1. The zero-order chi connectivity index (χ0) is 28.8. The molecule has 0 aliphatic carbocycles. The van der Waals surface area contributed by atoms with Crippen LogP contribution in [-0.4, -0.2) is 69.6 Å². The van der Waals surface area contributed by atoms with Gasteiger partial charge in [0.2, 0.25) is 5.91 Å². The highest BCUT2D eigenvalue weighted by Gasteiger charge is 2.71. The largest absolute Gasteiger partial charge is 0.465 e. The molecule has 0 saturated carbocycles. The number of benzene rings is 3. The highest BCUT2D eigenvalue weighted by Crippen LogP contribution is 2.61. The van der Waals surface area contributed by atoms with E-state index >= 15 is 0 Å². The SMILES string of the molecule is O=C1OCCC=C[C@H]2S[C@]34C=CCN(c5ccc6ccccc6c5)C(=O)C3N([C@@H](CO)Cc3ccccc3)C(=O)[C@@H]4[C@@H]12. The number of thioether (sulfide) groups is 1. The van der Waals surface area contributed by atoms with E-state index in [2.05, 4.69) is 0 Å². The molecular formula is C34H32N2O5S. The second kappa shape index (κ2) is 10.7. The van der Waals surface area contributed by atoms with Gasteiger partial charge in [-0.1, -0.05) is 85.0 Å². The van der Waals surface area contributed by atoms with Crippen molar-refractivity contribution in [2.24, 2.45) is 11.8 Å². The second-order valence-electron chi connectivity index (χ2n) is 11.4. The lowest BCUT2D eigenvalue weighted by atomic mass is 9.78. The first kappa shape index (κ1) is 27.0. The van der Waals surface area contributed by atoms with Gasteiger partial charge in [-0.2, -0.15) is 0 Å². The monoisotopic (exact) mass is 580 g/mol. The minimum absolute atomic E-state index is 0.211. The standard InChI is InChI=1S/C34H32N2O5S/c37-21-26(19-22-9-2-1-3-10-22)36-30-32(39)35(25-15-14-23-11-4-5-12-24(23)20-25)17-8-16-34(30)29(31(36)38)28-27(42-34)13-6-7-18-41-33(28)40/h1-6,8-16,20,26-30,37H,7,17-19,21H2/t26-,27-,28+,29+,30?,34+/m1/s1. The van der Waals surface area contributed by atoms with Gasteiger partial charge in [-0.05, 0) is 41.3 Å². The van der Waals surface area contributed by atoms with Crippen LogP contribution in [0.3, 0.4) is 0 Å². The lowest BCUT2D eigenvalue weighted by Crippen LogP contribution is -2.57. The minimum Gasteiger partial charge on any atom is -0.465 e. The third-order valence-corrected chi connectivity index (χ3v) is 10.8. The maximum atomic E-state index is 14.8. The molecular weight excluding hydrogens is 548 g/mol. The summed E-state index contributed by atoms with van der Waals surface area (Å²) in [5, 5.41) is 12.5. The van der Waals surface area contributed by atoms with E-state index in [-0.39, 0.29) is 30.3 Å². The molecule has 3 aromatic carbocycles. The number of hydrogen-bond donors (Lipinski definition) is 1. The van der Waals surface area contributed by atoms with Gasteiger partial charge in [-0.15, -0.1) is 11.8 Å². The summed E-state index contributed by atoms with van der Waals surface area (Å²) in [7, 11) is 0. The molecule has 1 unspecified atom stereocenters. The molecule has 3 aromatic rings. The lowest BCUT2D eigenvalue weighted by molar-refractivity contribution is -0.153. The number of esters is 1. The molecule has 2 amide bonds. The van der Waals surface area contributed by atoms with Gasteiger partial charge in [0.1, 0.15) is 6.04 Å². The number of aliphatic hydroxyl groups excluding tert-OH is 1. The number of amides is 2. The Labute approximate surface area is 248 Å². The van der Waals surface area contributed by atoms with Crippen molar-refractivity contribution < 1.29 is 24.2 Å². The number of carbonyl (C=O) groups is 3. The highest BCUT2D eigenvalue weighted by molar-refractivity contribution is 8.02. The third kappa shape index (κ3) is 4.27. The van der Waals surface area contributed by atoms with Crippen molar-refractivity contribution in [3.05, 3.63) is 103 Å². The van der Waals surface area contributed by atoms with Crippen molar-refractivity contribution >= 4 is 46.0 Å². The summed E-state index contributed by atoms with van der Waals surface area (Å²) in [4.78, 5) is 46.1. The number of aliphatic hydroxyl groups is 1. The number of nitrogens with zero attached hydrogens (tertiary/aromatic N) is 2. The fraction of sp³-hybridized carbons (Fsp3) is 0.324. The van der Waals surface area contributed by atoms with Crippen LogP contribution in [-0.2, 0) is 25.5 Å². The maximum Gasteiger partial charge on any atom is 0.311 e. The van der Waals surface area contributed by atoms with Crippen molar-refractivity contribution in [2.75, 3.05) is 24.7 Å². The van der Waals surface area contributed by atoms with Crippen LogP contribution in [0.25, 0.3) is 10.8 Å². The molecule has 0 bridgehead atoms. The summed E-state index contributed by atoms with van der Waals surface area (Å²) < 4.78 is 4.61. The van der Waals surface area contributed by atoms with Gasteiger partial charge in [0, 0.05) is 17.5 Å².